The smallest absolute Gasteiger partial charge is 0.334 e. The zero-order chi connectivity index (χ0) is 18.9. The highest BCUT2D eigenvalue weighted by Crippen LogP contribution is 2.71. The highest BCUT2D eigenvalue weighted by Gasteiger charge is 2.82. The number of hydrogen-bond acceptors (Lipinski definition) is 5. The molecule has 0 heterocycles. The molecule has 1 spiro atoms. The Kier molecular flexibility index (Phi) is 3.62. The van der Waals surface area contributed by atoms with Crippen molar-refractivity contribution in [3.05, 3.63) is 23.0 Å². The summed E-state index contributed by atoms with van der Waals surface area (Å²) in [6.07, 6.45) is 3.07. The van der Waals surface area contributed by atoms with Crippen molar-refractivity contribution in [2.45, 2.75) is 60.0 Å². The second-order valence-corrected chi connectivity index (χ2v) is 8.30. The lowest BCUT2D eigenvalue weighted by molar-refractivity contribution is -0.171. The number of fused-ring (bicyclic) bond motifs is 1. The normalized spacial score (nSPS) is 39.7. The van der Waals surface area contributed by atoms with E-state index in [-0.39, 0.29) is 23.2 Å². The third-order valence-corrected chi connectivity index (χ3v) is 7.16. The van der Waals surface area contributed by atoms with Crippen LogP contribution in [-0.4, -0.2) is 28.2 Å². The monoisotopic (exact) mass is 346 g/mol. The summed E-state index contributed by atoms with van der Waals surface area (Å²) < 4.78 is 5.83. The van der Waals surface area contributed by atoms with Gasteiger partial charge < -0.3 is 9.84 Å². The van der Waals surface area contributed by atoms with Crippen LogP contribution in [-0.2, 0) is 19.1 Å². The van der Waals surface area contributed by atoms with Crippen molar-refractivity contribution in [3.63, 3.8) is 0 Å². The molecule has 0 saturated heterocycles. The van der Waals surface area contributed by atoms with Crippen LogP contribution >= 0.6 is 0 Å². The van der Waals surface area contributed by atoms with Crippen LogP contribution in [0.5, 0.6) is 0 Å². The maximum absolute atomic E-state index is 13.7. The number of aliphatic hydroxyl groups excluding tert-OH is 1. The third-order valence-electron chi connectivity index (χ3n) is 7.16. The molecule has 0 unspecified atom stereocenters. The Balaban J connectivity index is 2.31. The molecule has 5 heteroatoms. The molecule has 0 radical (unpaired) electrons. The van der Waals surface area contributed by atoms with Gasteiger partial charge in [-0.1, -0.05) is 26.8 Å². The van der Waals surface area contributed by atoms with Crippen LogP contribution in [0, 0.1) is 22.7 Å². The van der Waals surface area contributed by atoms with Crippen molar-refractivity contribution in [2.75, 3.05) is 0 Å². The maximum Gasteiger partial charge on any atom is 0.334 e. The van der Waals surface area contributed by atoms with Gasteiger partial charge in [0.1, 0.15) is 5.41 Å². The minimum absolute atomic E-state index is 0.164. The van der Waals surface area contributed by atoms with Gasteiger partial charge in [0.05, 0.1) is 0 Å². The number of aliphatic hydroxyl groups is 1. The summed E-state index contributed by atoms with van der Waals surface area (Å²) in [7, 11) is 0. The molecule has 3 rings (SSSR count). The summed E-state index contributed by atoms with van der Waals surface area (Å²) in [5.41, 5.74) is -3.09. The first-order chi connectivity index (χ1) is 11.5. The maximum atomic E-state index is 13.7. The molecule has 0 aromatic rings. The number of hydrogen-bond donors (Lipinski definition) is 1. The van der Waals surface area contributed by atoms with Gasteiger partial charge in [-0.05, 0) is 45.4 Å². The summed E-state index contributed by atoms with van der Waals surface area (Å²) >= 11 is 0. The van der Waals surface area contributed by atoms with Gasteiger partial charge in [-0.2, -0.15) is 0 Å². The second kappa shape index (κ2) is 5.05. The Morgan fingerprint density at radius 2 is 1.88 bits per heavy atom. The predicted octanol–water partition coefficient (Wildman–Crippen LogP) is 3.29. The topological polar surface area (TPSA) is 80.7 Å². The summed E-state index contributed by atoms with van der Waals surface area (Å²) in [4.78, 5) is 39.3. The molecule has 2 saturated carbocycles. The summed E-state index contributed by atoms with van der Waals surface area (Å²) in [6, 6.07) is 0. The fraction of sp³-hybridized carbons (Fsp3) is 0.650. The number of carbonyl (C=O) groups excluding carboxylic acids is 3. The van der Waals surface area contributed by atoms with Gasteiger partial charge >= 0.3 is 5.97 Å². The van der Waals surface area contributed by atoms with E-state index in [1.807, 2.05) is 20.8 Å². The van der Waals surface area contributed by atoms with Crippen LogP contribution in [0.25, 0.3) is 0 Å². The van der Waals surface area contributed by atoms with Crippen molar-refractivity contribution in [1.29, 1.82) is 0 Å². The number of ketones is 2. The van der Waals surface area contributed by atoms with Gasteiger partial charge in [-0.3, -0.25) is 9.59 Å². The van der Waals surface area contributed by atoms with E-state index in [2.05, 4.69) is 0 Å². The van der Waals surface area contributed by atoms with Crippen molar-refractivity contribution in [2.24, 2.45) is 22.7 Å². The molecule has 5 nitrogen and oxygen atoms in total. The fourth-order valence-corrected chi connectivity index (χ4v) is 5.62. The first kappa shape index (κ1) is 17.9. The molecule has 0 aliphatic heterocycles. The molecule has 3 aliphatic carbocycles. The van der Waals surface area contributed by atoms with E-state index in [4.69, 9.17) is 4.74 Å². The van der Waals surface area contributed by atoms with E-state index in [0.717, 1.165) is 6.42 Å². The van der Waals surface area contributed by atoms with Gasteiger partial charge in [0.2, 0.25) is 11.4 Å². The van der Waals surface area contributed by atoms with Gasteiger partial charge in [0.15, 0.2) is 11.5 Å². The van der Waals surface area contributed by atoms with Crippen LogP contribution in [0.3, 0.4) is 0 Å². The Labute approximate surface area is 148 Å². The number of rotatable bonds is 2. The molecule has 4 atom stereocenters. The Bertz CT molecular complexity index is 756. The van der Waals surface area contributed by atoms with Crippen molar-refractivity contribution in [1.82, 2.24) is 0 Å². The fourth-order valence-electron chi connectivity index (χ4n) is 5.62. The van der Waals surface area contributed by atoms with Crippen molar-refractivity contribution >= 4 is 17.5 Å². The zero-order valence-corrected chi connectivity index (χ0v) is 15.7. The van der Waals surface area contributed by atoms with E-state index in [0.29, 0.717) is 12.0 Å². The van der Waals surface area contributed by atoms with Gasteiger partial charge in [0, 0.05) is 16.6 Å². The minimum Gasteiger partial charge on any atom is -0.504 e. The van der Waals surface area contributed by atoms with Crippen LogP contribution in [0.4, 0.5) is 0 Å². The molecular formula is C20H26O5. The average Bonchev–Trinajstić information content (AvgIpc) is 2.97. The number of esters is 1. The summed E-state index contributed by atoms with van der Waals surface area (Å²) in [6.45, 7) is 10.5. The summed E-state index contributed by atoms with van der Waals surface area (Å²) in [5.74, 6) is -2.28. The van der Waals surface area contributed by atoms with E-state index < -0.39 is 33.9 Å². The molecule has 1 N–H and O–H groups in total. The first-order valence-corrected chi connectivity index (χ1v) is 8.87. The Hall–Kier alpha value is -1.91. The van der Waals surface area contributed by atoms with Crippen molar-refractivity contribution in [3.8, 4) is 0 Å². The van der Waals surface area contributed by atoms with Crippen LogP contribution in [0.15, 0.2) is 23.0 Å². The molecule has 3 aliphatic rings. The zero-order valence-electron chi connectivity index (χ0n) is 15.7. The Morgan fingerprint density at radius 1 is 1.28 bits per heavy atom. The van der Waals surface area contributed by atoms with E-state index >= 15 is 0 Å². The molecule has 2 bridgehead atoms. The minimum atomic E-state index is -1.59. The lowest BCUT2D eigenvalue weighted by atomic mass is 9.65. The molecule has 0 aromatic carbocycles. The highest BCUT2D eigenvalue weighted by molar-refractivity contribution is 6.23. The molecule has 0 amide bonds. The SMILES string of the molecule is C/C=C(\C)C(=O)O[C@@]12C(=O)[C@]3(C(=O)C(O)=C1C)[C@H](C)CC[C@@H]3C2(C)C. The lowest BCUT2D eigenvalue weighted by Crippen LogP contribution is -2.58. The van der Waals surface area contributed by atoms with E-state index in [1.165, 1.54) is 6.92 Å². The van der Waals surface area contributed by atoms with E-state index in [9.17, 15) is 19.5 Å². The quantitative estimate of drug-likeness (QED) is 0.471. The predicted molar refractivity (Wildman–Crippen MR) is 91.7 cm³/mol. The summed E-state index contributed by atoms with van der Waals surface area (Å²) in [5, 5.41) is 10.6. The van der Waals surface area contributed by atoms with Gasteiger partial charge in [0.25, 0.3) is 0 Å². The molecule has 25 heavy (non-hydrogen) atoms. The number of ether oxygens (including phenoxy) is 1. The van der Waals surface area contributed by atoms with Crippen LogP contribution in [0.1, 0.15) is 54.4 Å². The second-order valence-electron chi connectivity index (χ2n) is 8.30. The standard InChI is InChI=1S/C20H26O5/c1-7-10(2)16(23)25-20-12(4)14(21)15(22)19(17(20)24)11(3)8-9-13(19)18(20,5)6/h7,11,13,21H,8-9H2,1-6H3/b10-7+/t11-,13-,19-,20-/m1/s1. The largest absolute Gasteiger partial charge is 0.504 e. The average molecular weight is 346 g/mol. The molecular weight excluding hydrogens is 320 g/mol. The van der Waals surface area contributed by atoms with Crippen LogP contribution in [0.2, 0.25) is 0 Å². The Morgan fingerprint density at radius 3 is 2.44 bits per heavy atom. The number of carbonyl (C=O) groups is 3. The first-order valence-electron chi connectivity index (χ1n) is 8.87. The van der Waals surface area contributed by atoms with Gasteiger partial charge in [-0.15, -0.1) is 0 Å². The third kappa shape index (κ3) is 1.67. The molecule has 2 fully saturated rings. The molecule has 0 aromatic heterocycles. The van der Waals surface area contributed by atoms with E-state index in [1.54, 1.807) is 19.9 Å². The molecule has 136 valence electrons. The van der Waals surface area contributed by atoms with Crippen LogP contribution < -0.4 is 0 Å². The highest BCUT2D eigenvalue weighted by atomic mass is 16.6. The number of allylic oxidation sites excluding steroid dienone is 2. The van der Waals surface area contributed by atoms with Gasteiger partial charge in [-0.25, -0.2) is 4.79 Å². The van der Waals surface area contributed by atoms with Crippen molar-refractivity contribution < 1.29 is 24.2 Å². The number of Topliss-reactive ketones (excluding diaryl/α,β-unsaturated/α-hetero) is 2. The lowest BCUT2D eigenvalue weighted by Gasteiger charge is -2.43.